The molecule has 6 atom stereocenters. The fraction of sp³-hybridized carbons (Fsp3) is 0.333. The molecule has 10 nitrogen and oxygen atoms in total. The summed E-state index contributed by atoms with van der Waals surface area (Å²) in [6.45, 7) is -0.562. The van der Waals surface area contributed by atoms with E-state index in [2.05, 4.69) is 4.98 Å². The number of ether oxygens (including phenoxy) is 1. The van der Waals surface area contributed by atoms with E-state index >= 15 is 0 Å². The van der Waals surface area contributed by atoms with Gasteiger partial charge in [-0.1, -0.05) is 36.5 Å². The Hall–Kier alpha value is -3.54. The van der Waals surface area contributed by atoms with Gasteiger partial charge in [-0.25, -0.2) is 0 Å². The van der Waals surface area contributed by atoms with Gasteiger partial charge in [-0.15, -0.1) is 0 Å². The molecular formula is C27H25N3O7. The predicted molar refractivity (Wildman–Crippen MR) is 133 cm³/mol. The fourth-order valence-corrected chi connectivity index (χ4v) is 6.35. The summed E-state index contributed by atoms with van der Waals surface area (Å²) >= 11 is 0. The van der Waals surface area contributed by atoms with E-state index in [0.29, 0.717) is 39.4 Å². The van der Waals surface area contributed by atoms with Crippen molar-refractivity contribution >= 4 is 40.1 Å². The fourth-order valence-electron chi connectivity index (χ4n) is 6.35. The number of carbonyl (C=O) groups is 2. The zero-order valence-electron chi connectivity index (χ0n) is 19.8. The second kappa shape index (κ2) is 7.73. The van der Waals surface area contributed by atoms with Crippen LogP contribution in [-0.2, 0) is 11.2 Å². The van der Waals surface area contributed by atoms with Crippen molar-refractivity contribution in [2.24, 2.45) is 0 Å². The van der Waals surface area contributed by atoms with Gasteiger partial charge in [0.15, 0.2) is 6.23 Å². The van der Waals surface area contributed by atoms with Gasteiger partial charge in [0, 0.05) is 23.0 Å². The Morgan fingerprint density at radius 1 is 1.05 bits per heavy atom. The number of allylic oxidation sites excluding steroid dienone is 4. The van der Waals surface area contributed by atoms with E-state index < -0.39 is 49.2 Å². The second-order valence-electron chi connectivity index (χ2n) is 9.98. The molecule has 1 unspecified atom stereocenters. The molecule has 2 aromatic rings. The lowest BCUT2D eigenvalue weighted by Crippen LogP contribution is -2.64. The maximum absolute atomic E-state index is 13.5. The molecule has 1 aromatic heterocycles. The van der Waals surface area contributed by atoms with Gasteiger partial charge in [0.05, 0.1) is 35.0 Å². The number of fused-ring (bicyclic) bond motifs is 9. The van der Waals surface area contributed by atoms with Crippen LogP contribution in [0.3, 0.4) is 0 Å². The smallest absolute Gasteiger partial charge is 0.262 e. The van der Waals surface area contributed by atoms with E-state index in [0.717, 1.165) is 21.4 Å². The topological polar surface area (TPSA) is 147 Å². The molecule has 1 saturated heterocycles. The lowest BCUT2D eigenvalue weighted by Gasteiger charge is -2.46. The van der Waals surface area contributed by atoms with E-state index in [4.69, 9.17) is 4.74 Å². The number of hydrogen-bond acceptors (Lipinski definition) is 8. The Morgan fingerprint density at radius 2 is 1.84 bits per heavy atom. The first-order valence-electron chi connectivity index (χ1n) is 12.2. The first kappa shape index (κ1) is 22.6. The van der Waals surface area contributed by atoms with Crippen LogP contribution in [0.4, 0.5) is 5.69 Å². The molecule has 37 heavy (non-hydrogen) atoms. The van der Waals surface area contributed by atoms with Gasteiger partial charge in [-0.2, -0.15) is 0 Å². The number of carbonyl (C=O) groups excluding carboxylic acids is 2. The number of hydrogen-bond donors (Lipinski definition) is 5. The average molecular weight is 504 g/mol. The van der Waals surface area contributed by atoms with Crippen LogP contribution in [-0.4, -0.2) is 92.5 Å². The summed E-state index contributed by atoms with van der Waals surface area (Å²) in [6, 6.07) is -0.493. The third-order valence-electron chi connectivity index (χ3n) is 8.10. The second-order valence-corrected chi connectivity index (χ2v) is 9.98. The summed E-state index contributed by atoms with van der Waals surface area (Å²) in [6.07, 6.45) is 6.95. The highest BCUT2D eigenvalue weighted by Gasteiger charge is 2.51. The number of aliphatic hydroxyl groups is 4. The third-order valence-corrected chi connectivity index (χ3v) is 8.10. The van der Waals surface area contributed by atoms with Crippen molar-refractivity contribution in [3.05, 3.63) is 63.7 Å². The minimum Gasteiger partial charge on any atom is -0.394 e. The van der Waals surface area contributed by atoms with Crippen LogP contribution in [0.2, 0.25) is 0 Å². The molecule has 2 aliphatic carbocycles. The number of anilines is 1. The predicted octanol–water partition coefficient (Wildman–Crippen LogP) is -1.45. The first-order valence-corrected chi connectivity index (χ1v) is 12.2. The van der Waals surface area contributed by atoms with Crippen LogP contribution >= 0.6 is 0 Å². The van der Waals surface area contributed by atoms with Crippen LogP contribution < -0.4 is 15.5 Å². The molecule has 5 aliphatic rings. The van der Waals surface area contributed by atoms with Gasteiger partial charge in [-0.05, 0) is 23.6 Å². The number of benzene rings is 1. The summed E-state index contributed by atoms with van der Waals surface area (Å²) < 4.78 is 6.01. The average Bonchev–Trinajstić information content (AvgIpc) is 3.53. The molecule has 0 saturated carbocycles. The molecule has 4 heterocycles. The first-order chi connectivity index (χ1) is 17.8. The normalized spacial score (nSPS) is 31.6. The Balaban J connectivity index is 1.59. The highest BCUT2D eigenvalue weighted by atomic mass is 16.6. The van der Waals surface area contributed by atoms with Crippen molar-refractivity contribution in [2.75, 3.05) is 18.6 Å². The summed E-state index contributed by atoms with van der Waals surface area (Å²) in [4.78, 5) is 33.3. The molecule has 7 rings (SSSR count). The molecule has 3 aliphatic heterocycles. The lowest BCUT2D eigenvalue weighted by molar-refractivity contribution is -0.228. The maximum atomic E-state index is 13.5. The lowest BCUT2D eigenvalue weighted by atomic mass is 9.94. The number of nitrogens with zero attached hydrogens (tertiary/aromatic N) is 2. The van der Waals surface area contributed by atoms with Crippen LogP contribution in [0, 0.1) is 0 Å². The van der Waals surface area contributed by atoms with Crippen molar-refractivity contribution in [3.8, 4) is 0 Å². The van der Waals surface area contributed by atoms with Crippen molar-refractivity contribution in [2.45, 2.75) is 43.1 Å². The minimum atomic E-state index is -1.57. The molecular weight excluding hydrogens is 478 g/mol. The van der Waals surface area contributed by atoms with Crippen molar-refractivity contribution < 1.29 is 34.8 Å². The van der Waals surface area contributed by atoms with Crippen molar-refractivity contribution in [1.29, 1.82) is 0 Å². The summed E-state index contributed by atoms with van der Waals surface area (Å²) in [7, 11) is 1.47. The summed E-state index contributed by atoms with van der Waals surface area (Å²) in [5.74, 6) is -0.781. The van der Waals surface area contributed by atoms with Gasteiger partial charge in [0.2, 0.25) is 0 Å². The van der Waals surface area contributed by atoms with Gasteiger partial charge < -0.3 is 35.0 Å². The Kier molecular flexibility index (Phi) is 4.73. The van der Waals surface area contributed by atoms with E-state index in [-0.39, 0.29) is 5.91 Å². The highest BCUT2D eigenvalue weighted by molar-refractivity contribution is 6.29. The van der Waals surface area contributed by atoms with E-state index in [9.17, 15) is 30.0 Å². The Morgan fingerprint density at radius 3 is 2.62 bits per heavy atom. The largest absolute Gasteiger partial charge is 0.394 e. The van der Waals surface area contributed by atoms with E-state index in [1.54, 1.807) is 4.90 Å². The minimum absolute atomic E-state index is 0.304. The quantitative estimate of drug-likeness (QED) is 0.313. The molecule has 0 bridgehead atoms. The number of H-pyrrole nitrogens is 1. The van der Waals surface area contributed by atoms with Gasteiger partial charge in [-0.3, -0.25) is 14.5 Å². The number of aromatic nitrogens is 1. The van der Waals surface area contributed by atoms with Crippen molar-refractivity contribution in [1.82, 2.24) is 9.88 Å². The molecule has 2 amide bonds. The van der Waals surface area contributed by atoms with Crippen LogP contribution in [0.25, 0.3) is 22.6 Å². The molecule has 1 aromatic carbocycles. The zero-order chi connectivity index (χ0) is 25.7. The molecule has 5 N–H and O–H groups in total. The van der Waals surface area contributed by atoms with Crippen LogP contribution in [0.15, 0.2) is 36.5 Å². The number of rotatable bonds is 2. The Labute approximate surface area is 210 Å². The molecule has 0 radical (unpaired) electrons. The number of aliphatic hydroxyl groups excluding tert-OH is 4. The van der Waals surface area contributed by atoms with Gasteiger partial charge in [0.1, 0.15) is 24.4 Å². The van der Waals surface area contributed by atoms with Crippen LogP contribution in [0.1, 0.15) is 26.3 Å². The number of imide groups is 1. The number of amides is 2. The third kappa shape index (κ3) is 2.76. The van der Waals surface area contributed by atoms with Crippen LogP contribution in [0.5, 0.6) is 0 Å². The summed E-state index contributed by atoms with van der Waals surface area (Å²) in [5.41, 5.74) is 3.49. The number of nitrogens with one attached hydrogen (secondary N) is 1. The van der Waals surface area contributed by atoms with Crippen molar-refractivity contribution in [3.63, 3.8) is 0 Å². The standard InChI is InChI=1S/C27H25N3O7/c1-29-25(35)18-16-11-6-2-4-8-13(11)28-20(16)21-17(19(18)26(29)36)12-7-3-5-9-14(12)30(21)27-24(34)23(33)22(32)15(10-31)37-27/h2-5,7-9,14-15,22-24,27-28,31-34H,6,10H2,1H3/t14?,15-,22-,23+,24-,27-/m1/s1. The highest BCUT2D eigenvalue weighted by Crippen LogP contribution is 2.43. The van der Waals surface area contributed by atoms with E-state index in [1.807, 2.05) is 42.5 Å². The molecule has 1 fully saturated rings. The molecule has 190 valence electrons. The Bertz CT molecular complexity index is 1610. The molecule has 0 spiro atoms. The SMILES string of the molecule is CN1C(=O)c2c(c3c4c([nH]c3c3c2=C2C=CC=CC2N3[C@@H]2O[C@H](CO)[C@@H](O)[C@H](O)[C@H]2O)=CC=CC4)C1=O. The van der Waals surface area contributed by atoms with Gasteiger partial charge >= 0.3 is 0 Å². The molecule has 10 heteroatoms. The van der Waals surface area contributed by atoms with Gasteiger partial charge in [0.25, 0.3) is 11.8 Å². The van der Waals surface area contributed by atoms with E-state index in [1.165, 1.54) is 7.05 Å². The zero-order valence-corrected chi connectivity index (χ0v) is 19.8. The number of aromatic amines is 1. The maximum Gasteiger partial charge on any atom is 0.262 e. The summed E-state index contributed by atoms with van der Waals surface area (Å²) in [5, 5.41) is 44.0. The monoisotopic (exact) mass is 503 g/mol.